The number of benzene rings is 7. The van der Waals surface area contributed by atoms with E-state index in [0.717, 1.165) is 27.5 Å². The smallest absolute Gasteiger partial charge is 0.238 e. The highest BCUT2D eigenvalue weighted by Crippen LogP contribution is 2.39. The van der Waals surface area contributed by atoms with Gasteiger partial charge in [0.25, 0.3) is 0 Å². The number of rotatable bonds is 5. The first-order chi connectivity index (χ1) is 28.5. The van der Waals surface area contributed by atoms with Crippen LogP contribution in [0.2, 0.25) is 0 Å². The Morgan fingerprint density at radius 1 is 0.460 bits per heavy atom. The zero-order valence-corrected chi connectivity index (χ0v) is 26.2. The molecule has 0 radical (unpaired) electrons. The van der Waals surface area contributed by atoms with Crippen LogP contribution in [0.1, 0.15) is 12.3 Å². The minimum Gasteiger partial charge on any atom is -0.456 e. The average molecular weight is 650 g/mol. The summed E-state index contributed by atoms with van der Waals surface area (Å²) in [6.07, 6.45) is 0. The zero-order valence-electron chi connectivity index (χ0n) is 35.2. The van der Waals surface area contributed by atoms with Gasteiger partial charge in [0.05, 0.1) is 23.4 Å². The molecule has 5 heteroatoms. The molecule has 50 heavy (non-hydrogen) atoms. The summed E-state index contributed by atoms with van der Waals surface area (Å²) in [6.45, 7) is 0. The van der Waals surface area contributed by atoms with Crippen LogP contribution in [0.4, 0.5) is 0 Å². The van der Waals surface area contributed by atoms with Gasteiger partial charge in [0.1, 0.15) is 11.2 Å². The van der Waals surface area contributed by atoms with E-state index >= 15 is 0 Å². The highest BCUT2D eigenvalue weighted by atomic mass is 16.3. The lowest BCUT2D eigenvalue weighted by Gasteiger charge is -2.13. The Kier molecular flexibility index (Phi) is 4.67. The lowest BCUT2D eigenvalue weighted by atomic mass is 9.99. The molecule has 0 spiro atoms. The highest BCUT2D eigenvalue weighted by molar-refractivity contribution is 6.15. The first-order valence-electron chi connectivity index (χ1n) is 20.5. The summed E-state index contributed by atoms with van der Waals surface area (Å²) in [7, 11) is 0. The van der Waals surface area contributed by atoms with Gasteiger partial charge in [-0.15, -0.1) is 0 Å². The van der Waals surface area contributed by atoms with Gasteiger partial charge in [-0.1, -0.05) is 139 Å². The molecule has 0 unspecified atom stereocenters. The predicted octanol–water partition coefficient (Wildman–Crippen LogP) is 11.5. The molecule has 0 aliphatic carbocycles. The van der Waals surface area contributed by atoms with Gasteiger partial charge in [-0.3, -0.25) is 4.57 Å². The van der Waals surface area contributed by atoms with Crippen molar-refractivity contribution in [2.45, 2.75) is 0 Å². The summed E-state index contributed by atoms with van der Waals surface area (Å²) < 4.78 is 86.5. The van der Waals surface area contributed by atoms with Crippen molar-refractivity contribution in [2.24, 2.45) is 0 Å². The molecule has 0 atom stereocenters. The fourth-order valence-corrected chi connectivity index (χ4v) is 6.69. The Morgan fingerprint density at radius 3 is 2.08 bits per heavy atom. The van der Waals surface area contributed by atoms with E-state index in [1.165, 1.54) is 0 Å². The minimum absolute atomic E-state index is 0.0285. The lowest BCUT2D eigenvalue weighted by molar-refractivity contribution is 0.669. The molecule has 234 valence electrons. The third-order valence-corrected chi connectivity index (χ3v) is 8.91. The van der Waals surface area contributed by atoms with Gasteiger partial charge < -0.3 is 4.42 Å². The van der Waals surface area contributed by atoms with Gasteiger partial charge in [-0.05, 0) is 52.6 Å². The van der Waals surface area contributed by atoms with Crippen molar-refractivity contribution in [2.75, 3.05) is 0 Å². The molecule has 0 saturated carbocycles. The molecule has 7 aromatic carbocycles. The van der Waals surface area contributed by atoms with Gasteiger partial charge in [0.2, 0.25) is 5.95 Å². The van der Waals surface area contributed by atoms with Crippen LogP contribution in [0.15, 0.2) is 174 Å². The maximum absolute atomic E-state index is 9.28. The molecule has 10 aromatic rings. The molecular weight excluding hydrogens is 613 g/mol. The monoisotopic (exact) mass is 649 g/mol. The molecule has 3 aromatic heterocycles. The Hall–Kier alpha value is -6.85. The Labute approximate surface area is 300 Å². The normalized spacial score (nSPS) is 14.1. The van der Waals surface area contributed by atoms with E-state index in [1.807, 2.05) is 97.1 Å². The molecule has 0 amide bonds. The number of furan rings is 1. The molecule has 0 bridgehead atoms. The Morgan fingerprint density at radius 2 is 1.18 bits per heavy atom. The SMILES string of the molecule is [2H]c1c([2H])c([2H])c(-c2cccc3c2c2c([2H])c([2H])c([2H])c([2H])c2n3-c2nc(-c3ccc4c(c3)oc3ccccc34)nc(-c3ccccc3-c3ccccc3)n2)c([2H])c1[2H]. The van der Waals surface area contributed by atoms with Crippen molar-refractivity contribution in [1.82, 2.24) is 19.5 Å². The zero-order chi connectivity index (χ0) is 40.9. The topological polar surface area (TPSA) is 56.7 Å². The summed E-state index contributed by atoms with van der Waals surface area (Å²) in [4.78, 5) is 15.1. The summed E-state index contributed by atoms with van der Waals surface area (Å²) in [6, 6.07) is 31.6. The van der Waals surface area contributed by atoms with Gasteiger partial charge in [0, 0.05) is 32.7 Å². The third-order valence-electron chi connectivity index (χ3n) is 8.91. The lowest BCUT2D eigenvalue weighted by Crippen LogP contribution is -2.06. The highest BCUT2D eigenvalue weighted by Gasteiger charge is 2.21. The average Bonchev–Trinajstić information content (AvgIpc) is 3.83. The largest absolute Gasteiger partial charge is 0.456 e. The van der Waals surface area contributed by atoms with E-state index in [9.17, 15) is 2.74 Å². The van der Waals surface area contributed by atoms with Crippen LogP contribution in [-0.2, 0) is 0 Å². The number of hydrogen-bond donors (Lipinski definition) is 0. The van der Waals surface area contributed by atoms with Crippen LogP contribution in [0, 0.1) is 0 Å². The quantitative estimate of drug-likeness (QED) is 0.186. The summed E-state index contributed by atoms with van der Waals surface area (Å²) in [5.41, 5.74) is 4.82. The molecule has 10 rings (SSSR count). The number of fused-ring (bicyclic) bond motifs is 6. The van der Waals surface area contributed by atoms with Crippen LogP contribution in [0.3, 0.4) is 0 Å². The molecule has 0 N–H and O–H groups in total. The van der Waals surface area contributed by atoms with Crippen LogP contribution >= 0.6 is 0 Å². The molecule has 0 aliphatic rings. The van der Waals surface area contributed by atoms with Crippen LogP contribution in [0.5, 0.6) is 0 Å². The van der Waals surface area contributed by atoms with Gasteiger partial charge in [0.15, 0.2) is 11.6 Å². The summed E-state index contributed by atoms with van der Waals surface area (Å²) in [5, 5.41) is 2.18. The first-order valence-corrected chi connectivity index (χ1v) is 16.0. The van der Waals surface area contributed by atoms with Crippen LogP contribution in [0.25, 0.3) is 94.7 Å². The van der Waals surface area contributed by atoms with E-state index in [0.29, 0.717) is 22.2 Å². The van der Waals surface area contributed by atoms with E-state index in [4.69, 9.17) is 29.0 Å². The standard InChI is InChI=1S/C45H28N4O/c1-3-14-29(15-4-1)32-18-7-8-20-36(32)44-46-43(31-26-27-35-34-19-10-12-25-40(34)50-41(35)28-31)47-45(48-44)49-38-23-11-9-21-37(38)42-33(22-13-24-39(42)49)30-16-5-2-6-17-30/h1-28H/i2D,5D,6D,9D,11D,16D,17D,21D,23D. The Bertz CT molecular complexity index is 3370. The number of para-hydroxylation sites is 2. The van der Waals surface area contributed by atoms with Crippen LogP contribution < -0.4 is 0 Å². The summed E-state index contributed by atoms with van der Waals surface area (Å²) in [5.74, 6) is 0.570. The number of hydrogen-bond acceptors (Lipinski definition) is 4. The first kappa shape index (κ1) is 20.5. The van der Waals surface area contributed by atoms with Crippen molar-refractivity contribution in [3.8, 4) is 51.0 Å². The van der Waals surface area contributed by atoms with Crippen molar-refractivity contribution in [3.05, 3.63) is 170 Å². The maximum Gasteiger partial charge on any atom is 0.238 e. The van der Waals surface area contributed by atoms with E-state index in [2.05, 4.69) is 0 Å². The molecule has 0 saturated heterocycles. The second-order valence-electron chi connectivity index (χ2n) is 11.8. The summed E-state index contributed by atoms with van der Waals surface area (Å²) >= 11 is 0. The van der Waals surface area contributed by atoms with Crippen molar-refractivity contribution >= 4 is 43.7 Å². The maximum atomic E-state index is 9.28. The molecular formula is C45H28N4O. The van der Waals surface area contributed by atoms with Crippen molar-refractivity contribution in [3.63, 3.8) is 0 Å². The van der Waals surface area contributed by atoms with Crippen molar-refractivity contribution in [1.29, 1.82) is 0 Å². The second-order valence-corrected chi connectivity index (χ2v) is 11.8. The third kappa shape index (κ3) is 4.52. The fourth-order valence-electron chi connectivity index (χ4n) is 6.69. The van der Waals surface area contributed by atoms with Gasteiger partial charge >= 0.3 is 0 Å². The van der Waals surface area contributed by atoms with E-state index < -0.39 is 42.3 Å². The van der Waals surface area contributed by atoms with Gasteiger partial charge in [-0.25, -0.2) is 4.98 Å². The predicted molar refractivity (Wildman–Crippen MR) is 203 cm³/mol. The fraction of sp³-hybridized carbons (Fsp3) is 0. The van der Waals surface area contributed by atoms with Gasteiger partial charge in [-0.2, -0.15) is 9.97 Å². The second kappa shape index (κ2) is 11.4. The number of aromatic nitrogens is 4. The molecule has 0 fully saturated rings. The molecule has 0 aliphatic heterocycles. The van der Waals surface area contributed by atoms with Crippen molar-refractivity contribution < 1.29 is 16.8 Å². The van der Waals surface area contributed by atoms with Crippen LogP contribution in [-0.4, -0.2) is 19.5 Å². The van der Waals surface area contributed by atoms with E-state index in [1.54, 1.807) is 22.8 Å². The van der Waals surface area contributed by atoms with E-state index in [-0.39, 0.29) is 57.1 Å². The molecule has 5 nitrogen and oxygen atoms in total. The minimum atomic E-state index is -0.554. The Balaban J connectivity index is 1.33. The molecule has 3 heterocycles. The number of nitrogens with zero attached hydrogens (tertiary/aromatic N) is 4.